The highest BCUT2D eigenvalue weighted by Crippen LogP contribution is 2.07. The maximum atomic E-state index is 11.8. The van der Waals surface area contributed by atoms with Gasteiger partial charge in [0, 0.05) is 11.6 Å². The predicted octanol–water partition coefficient (Wildman–Crippen LogP) is 5.74. The minimum atomic E-state index is -0.456. The third-order valence-corrected chi connectivity index (χ3v) is 4.13. The molecule has 0 radical (unpaired) electrons. The monoisotopic (exact) mass is 354 g/mol. The largest absolute Gasteiger partial charge is 0.463 e. The summed E-state index contributed by atoms with van der Waals surface area (Å²) >= 11 is 0. The molecule has 0 aromatic carbocycles. The molecule has 0 aliphatic rings. The van der Waals surface area contributed by atoms with Gasteiger partial charge in [0.25, 0.3) is 0 Å². The highest BCUT2D eigenvalue weighted by Gasteiger charge is 2.08. The van der Waals surface area contributed by atoms with Crippen molar-refractivity contribution in [2.24, 2.45) is 0 Å². The van der Waals surface area contributed by atoms with Crippen molar-refractivity contribution in [2.45, 2.75) is 97.8 Å². The van der Waals surface area contributed by atoms with Crippen molar-refractivity contribution in [3.05, 3.63) is 11.6 Å². The summed E-state index contributed by atoms with van der Waals surface area (Å²) in [6, 6.07) is 0. The van der Waals surface area contributed by atoms with Crippen LogP contribution in [-0.4, -0.2) is 25.2 Å². The summed E-state index contributed by atoms with van der Waals surface area (Å²) in [6.45, 7) is 6.81. The van der Waals surface area contributed by atoms with E-state index in [1.807, 2.05) is 0 Å². The van der Waals surface area contributed by atoms with Crippen LogP contribution in [0.2, 0.25) is 0 Å². The van der Waals surface area contributed by atoms with Crippen LogP contribution in [0.25, 0.3) is 0 Å². The van der Waals surface area contributed by atoms with Crippen LogP contribution in [0.1, 0.15) is 97.8 Å². The Kier molecular flexibility index (Phi) is 16.6. The molecule has 0 saturated carbocycles. The third-order valence-electron chi connectivity index (χ3n) is 4.13. The quantitative estimate of drug-likeness (QED) is 0.201. The van der Waals surface area contributed by atoms with E-state index in [9.17, 15) is 9.59 Å². The first-order valence-electron chi connectivity index (χ1n) is 10.1. The van der Waals surface area contributed by atoms with Crippen LogP contribution in [-0.2, 0) is 19.1 Å². The molecule has 4 heteroatoms. The first-order chi connectivity index (χ1) is 12.1. The van der Waals surface area contributed by atoms with Gasteiger partial charge >= 0.3 is 11.9 Å². The molecular formula is C21H38O4. The number of hydrogen-bond donors (Lipinski definition) is 0. The predicted molar refractivity (Wildman–Crippen MR) is 102 cm³/mol. The highest BCUT2D eigenvalue weighted by molar-refractivity contribution is 5.95. The van der Waals surface area contributed by atoms with Crippen molar-refractivity contribution in [3.8, 4) is 0 Å². The standard InChI is InChI=1S/C21H38O4/c1-4-6-8-10-12-14-16-24-20(22)18-19(3)21(23)25-17-15-13-11-9-7-5-2/h18H,4-17H2,1-3H3. The topological polar surface area (TPSA) is 52.6 Å². The molecule has 0 aromatic heterocycles. The number of rotatable bonds is 16. The van der Waals surface area contributed by atoms with Crippen LogP contribution < -0.4 is 0 Å². The maximum Gasteiger partial charge on any atom is 0.333 e. The number of ether oxygens (including phenoxy) is 2. The Labute approximate surface area is 154 Å². The number of carbonyl (C=O) groups excluding carboxylic acids is 2. The number of unbranched alkanes of at least 4 members (excludes halogenated alkanes) is 10. The second kappa shape index (κ2) is 17.5. The van der Waals surface area contributed by atoms with E-state index in [4.69, 9.17) is 9.47 Å². The normalized spacial score (nSPS) is 11.4. The van der Waals surface area contributed by atoms with Crippen molar-refractivity contribution in [1.29, 1.82) is 0 Å². The van der Waals surface area contributed by atoms with Crippen LogP contribution in [0.3, 0.4) is 0 Å². The van der Waals surface area contributed by atoms with Crippen molar-refractivity contribution in [1.82, 2.24) is 0 Å². The van der Waals surface area contributed by atoms with Gasteiger partial charge in [0.15, 0.2) is 0 Å². The molecule has 0 saturated heterocycles. The summed E-state index contributed by atoms with van der Waals surface area (Å²) in [5, 5.41) is 0. The Bertz CT molecular complexity index is 374. The molecule has 0 aromatic rings. The Morgan fingerprint density at radius 1 is 0.680 bits per heavy atom. The zero-order valence-electron chi connectivity index (χ0n) is 16.6. The second-order valence-electron chi connectivity index (χ2n) is 6.67. The average Bonchev–Trinajstić information content (AvgIpc) is 2.59. The van der Waals surface area contributed by atoms with Crippen molar-refractivity contribution < 1.29 is 19.1 Å². The number of esters is 2. The van der Waals surface area contributed by atoms with Crippen molar-refractivity contribution in [2.75, 3.05) is 13.2 Å². The summed E-state index contributed by atoms with van der Waals surface area (Å²) in [7, 11) is 0. The zero-order chi connectivity index (χ0) is 18.8. The minimum absolute atomic E-state index is 0.305. The first kappa shape index (κ1) is 23.7. The molecule has 0 atom stereocenters. The molecule has 0 unspecified atom stereocenters. The third kappa shape index (κ3) is 15.9. The van der Waals surface area contributed by atoms with E-state index in [0.717, 1.165) is 25.7 Å². The smallest absolute Gasteiger partial charge is 0.333 e. The molecule has 0 rings (SSSR count). The molecular weight excluding hydrogens is 316 g/mol. The fourth-order valence-corrected chi connectivity index (χ4v) is 2.49. The van der Waals surface area contributed by atoms with Gasteiger partial charge in [0.05, 0.1) is 13.2 Å². The molecule has 0 heterocycles. The molecule has 0 bridgehead atoms. The molecule has 0 N–H and O–H groups in total. The van der Waals surface area contributed by atoms with Crippen molar-refractivity contribution in [3.63, 3.8) is 0 Å². The Balaban J connectivity index is 3.71. The van der Waals surface area contributed by atoms with Gasteiger partial charge in [-0.2, -0.15) is 0 Å². The maximum absolute atomic E-state index is 11.8. The van der Waals surface area contributed by atoms with Gasteiger partial charge in [0.1, 0.15) is 0 Å². The molecule has 0 amide bonds. The number of hydrogen-bond acceptors (Lipinski definition) is 4. The molecule has 0 spiro atoms. The van der Waals surface area contributed by atoms with Gasteiger partial charge < -0.3 is 9.47 Å². The van der Waals surface area contributed by atoms with Crippen LogP contribution >= 0.6 is 0 Å². The van der Waals surface area contributed by atoms with E-state index >= 15 is 0 Å². The van der Waals surface area contributed by atoms with Gasteiger partial charge in [-0.3, -0.25) is 0 Å². The summed E-state index contributed by atoms with van der Waals surface area (Å²) < 4.78 is 10.3. The Hall–Kier alpha value is -1.32. The van der Waals surface area contributed by atoms with E-state index in [1.54, 1.807) is 6.92 Å². The van der Waals surface area contributed by atoms with Gasteiger partial charge in [-0.1, -0.05) is 78.1 Å². The summed E-state index contributed by atoms with van der Waals surface area (Å²) in [6.07, 6.45) is 15.0. The first-order valence-corrected chi connectivity index (χ1v) is 10.1. The van der Waals surface area contributed by atoms with Gasteiger partial charge in [-0.15, -0.1) is 0 Å². The Morgan fingerprint density at radius 2 is 1.12 bits per heavy atom. The lowest BCUT2D eigenvalue weighted by atomic mass is 10.1. The highest BCUT2D eigenvalue weighted by atomic mass is 16.5. The molecule has 146 valence electrons. The minimum Gasteiger partial charge on any atom is -0.463 e. The van der Waals surface area contributed by atoms with Gasteiger partial charge in [0.2, 0.25) is 0 Å². The molecule has 0 aliphatic carbocycles. The van der Waals surface area contributed by atoms with E-state index in [1.165, 1.54) is 57.4 Å². The second-order valence-corrected chi connectivity index (χ2v) is 6.67. The lowest BCUT2D eigenvalue weighted by molar-refractivity contribution is -0.141. The number of carbonyl (C=O) groups is 2. The summed E-state index contributed by atoms with van der Waals surface area (Å²) in [5.41, 5.74) is 0.305. The van der Waals surface area contributed by atoms with E-state index in [2.05, 4.69) is 13.8 Å². The molecule has 4 nitrogen and oxygen atoms in total. The fraction of sp³-hybridized carbons (Fsp3) is 0.810. The van der Waals surface area contributed by atoms with Gasteiger partial charge in [-0.25, -0.2) is 9.59 Å². The zero-order valence-corrected chi connectivity index (χ0v) is 16.6. The average molecular weight is 355 g/mol. The van der Waals surface area contributed by atoms with Crippen LogP contribution in [0, 0.1) is 0 Å². The molecule has 25 heavy (non-hydrogen) atoms. The van der Waals surface area contributed by atoms with Crippen LogP contribution in [0.5, 0.6) is 0 Å². The van der Waals surface area contributed by atoms with Crippen molar-refractivity contribution >= 4 is 11.9 Å². The SMILES string of the molecule is CCCCCCCCOC(=O)C=C(C)C(=O)OCCCCCCCC. The van der Waals surface area contributed by atoms with Crippen LogP contribution in [0.4, 0.5) is 0 Å². The summed E-state index contributed by atoms with van der Waals surface area (Å²) in [4.78, 5) is 23.5. The van der Waals surface area contributed by atoms with E-state index < -0.39 is 11.9 Å². The summed E-state index contributed by atoms with van der Waals surface area (Å²) in [5.74, 6) is -0.882. The Morgan fingerprint density at radius 3 is 1.64 bits per heavy atom. The lowest BCUT2D eigenvalue weighted by Gasteiger charge is -2.06. The van der Waals surface area contributed by atoms with Gasteiger partial charge in [-0.05, 0) is 19.8 Å². The molecule has 0 fully saturated rings. The lowest BCUT2D eigenvalue weighted by Crippen LogP contribution is -2.10. The van der Waals surface area contributed by atoms with Crippen LogP contribution in [0.15, 0.2) is 11.6 Å². The fourth-order valence-electron chi connectivity index (χ4n) is 2.49. The molecule has 0 aliphatic heterocycles. The van der Waals surface area contributed by atoms with E-state index in [0.29, 0.717) is 18.8 Å². The van der Waals surface area contributed by atoms with E-state index in [-0.39, 0.29) is 0 Å².